The van der Waals surface area contributed by atoms with Crippen LogP contribution in [0.2, 0.25) is 0 Å². The molecule has 1 aliphatic heterocycles. The molecule has 98 valence electrons. The number of esters is 1. The molecule has 0 aliphatic carbocycles. The van der Waals surface area contributed by atoms with Gasteiger partial charge < -0.3 is 9.47 Å². The molecule has 0 aromatic carbocycles. The highest BCUT2D eigenvalue weighted by atomic mass is 16.6. The quantitative estimate of drug-likeness (QED) is 0.559. The van der Waals surface area contributed by atoms with Gasteiger partial charge in [-0.1, -0.05) is 13.5 Å². The van der Waals surface area contributed by atoms with Gasteiger partial charge in [-0.2, -0.15) is 0 Å². The van der Waals surface area contributed by atoms with Crippen LogP contribution in [0.4, 0.5) is 0 Å². The summed E-state index contributed by atoms with van der Waals surface area (Å²) in [6.07, 6.45) is 2.20. The van der Waals surface area contributed by atoms with Gasteiger partial charge in [0.1, 0.15) is 5.60 Å². The summed E-state index contributed by atoms with van der Waals surface area (Å²) >= 11 is 0. The van der Waals surface area contributed by atoms with E-state index in [1.165, 1.54) is 0 Å². The maximum Gasteiger partial charge on any atom is 0.312 e. The molecule has 0 saturated carbocycles. The van der Waals surface area contributed by atoms with Gasteiger partial charge in [0, 0.05) is 12.8 Å². The molecule has 0 bridgehead atoms. The average Bonchev–Trinajstić information content (AvgIpc) is 2.30. The summed E-state index contributed by atoms with van der Waals surface area (Å²) in [5, 5.41) is 0. The Morgan fingerprint density at radius 3 is 2.35 bits per heavy atom. The second kappa shape index (κ2) is 5.21. The summed E-state index contributed by atoms with van der Waals surface area (Å²) in [6.45, 7) is 13.0. The Labute approximate surface area is 104 Å². The highest BCUT2D eigenvalue weighted by Crippen LogP contribution is 2.35. The zero-order valence-electron chi connectivity index (χ0n) is 11.5. The third-order valence-electron chi connectivity index (χ3n) is 3.80. The van der Waals surface area contributed by atoms with E-state index in [2.05, 4.69) is 6.58 Å². The summed E-state index contributed by atoms with van der Waals surface area (Å²) in [5.74, 6) is -0.134. The van der Waals surface area contributed by atoms with E-state index in [1.54, 1.807) is 0 Å². The van der Waals surface area contributed by atoms with Crippen LogP contribution in [-0.4, -0.2) is 24.8 Å². The predicted molar refractivity (Wildman–Crippen MR) is 67.8 cm³/mol. The number of hydrogen-bond acceptors (Lipinski definition) is 3. The normalized spacial score (nSPS) is 19.8. The van der Waals surface area contributed by atoms with Crippen molar-refractivity contribution >= 4 is 5.97 Å². The minimum absolute atomic E-state index is 0.134. The summed E-state index contributed by atoms with van der Waals surface area (Å²) in [7, 11) is 0. The topological polar surface area (TPSA) is 35.5 Å². The summed E-state index contributed by atoms with van der Waals surface area (Å²) < 4.78 is 11.1. The second-order valence-electron chi connectivity index (χ2n) is 5.51. The fourth-order valence-electron chi connectivity index (χ4n) is 1.78. The highest BCUT2D eigenvalue weighted by Gasteiger charge is 2.40. The molecule has 0 amide bonds. The van der Waals surface area contributed by atoms with E-state index in [4.69, 9.17) is 9.47 Å². The van der Waals surface area contributed by atoms with Crippen molar-refractivity contribution in [3.63, 3.8) is 0 Å². The Hall–Kier alpha value is -0.830. The minimum Gasteiger partial charge on any atom is -0.454 e. The van der Waals surface area contributed by atoms with Crippen molar-refractivity contribution in [3.8, 4) is 0 Å². The molecule has 0 spiro atoms. The van der Waals surface area contributed by atoms with Crippen molar-refractivity contribution in [1.29, 1.82) is 0 Å². The van der Waals surface area contributed by atoms with Gasteiger partial charge in [0.2, 0.25) is 0 Å². The van der Waals surface area contributed by atoms with E-state index >= 15 is 0 Å². The van der Waals surface area contributed by atoms with Crippen LogP contribution in [0.15, 0.2) is 12.2 Å². The zero-order chi connectivity index (χ0) is 13.1. The third kappa shape index (κ3) is 3.09. The standard InChI is InChI=1S/C14H24O3/c1-6-13(4,5)12(15)17-14(11(2)3)7-9-16-10-8-14/h2,6-10H2,1,3-5H3. The number of rotatable bonds is 4. The molecule has 1 saturated heterocycles. The first kappa shape index (κ1) is 14.2. The van der Waals surface area contributed by atoms with Crippen LogP contribution in [-0.2, 0) is 14.3 Å². The Morgan fingerprint density at radius 1 is 1.41 bits per heavy atom. The summed E-state index contributed by atoms with van der Waals surface area (Å²) in [5.41, 5.74) is -0.0243. The largest absolute Gasteiger partial charge is 0.454 e. The molecule has 17 heavy (non-hydrogen) atoms. The van der Waals surface area contributed by atoms with Gasteiger partial charge in [-0.3, -0.25) is 4.79 Å². The molecule has 3 nitrogen and oxygen atoms in total. The number of carbonyl (C=O) groups excluding carboxylic acids is 1. The van der Waals surface area contributed by atoms with E-state index in [9.17, 15) is 4.79 Å². The van der Waals surface area contributed by atoms with Crippen molar-refractivity contribution in [1.82, 2.24) is 0 Å². The fourth-order valence-corrected chi connectivity index (χ4v) is 1.78. The molecule has 0 atom stereocenters. The molecule has 0 radical (unpaired) electrons. The molecule has 1 aliphatic rings. The van der Waals surface area contributed by atoms with E-state index < -0.39 is 11.0 Å². The van der Waals surface area contributed by atoms with E-state index in [-0.39, 0.29) is 5.97 Å². The summed E-state index contributed by atoms with van der Waals surface area (Å²) in [6, 6.07) is 0. The fraction of sp³-hybridized carbons (Fsp3) is 0.786. The van der Waals surface area contributed by atoms with Gasteiger partial charge in [0.05, 0.1) is 18.6 Å². The van der Waals surface area contributed by atoms with Crippen LogP contribution in [0, 0.1) is 5.41 Å². The van der Waals surface area contributed by atoms with Gasteiger partial charge in [-0.25, -0.2) is 0 Å². The summed E-state index contributed by atoms with van der Waals surface area (Å²) in [4.78, 5) is 12.2. The van der Waals surface area contributed by atoms with Crippen LogP contribution < -0.4 is 0 Å². The molecule has 1 rings (SSSR count). The van der Waals surface area contributed by atoms with Crippen LogP contribution in [0.3, 0.4) is 0 Å². The van der Waals surface area contributed by atoms with Crippen molar-refractivity contribution in [2.24, 2.45) is 5.41 Å². The predicted octanol–water partition coefficient (Wildman–Crippen LogP) is 3.09. The molecule has 0 N–H and O–H groups in total. The third-order valence-corrected chi connectivity index (χ3v) is 3.80. The first-order valence-corrected chi connectivity index (χ1v) is 6.31. The molecular weight excluding hydrogens is 216 g/mol. The first-order valence-electron chi connectivity index (χ1n) is 6.31. The van der Waals surface area contributed by atoms with E-state index in [1.807, 2.05) is 27.7 Å². The Kier molecular flexibility index (Phi) is 4.36. The lowest BCUT2D eigenvalue weighted by atomic mass is 9.85. The van der Waals surface area contributed by atoms with Crippen molar-refractivity contribution in [2.45, 2.75) is 52.6 Å². The Morgan fingerprint density at radius 2 is 1.94 bits per heavy atom. The van der Waals surface area contributed by atoms with Gasteiger partial charge >= 0.3 is 5.97 Å². The lowest BCUT2D eigenvalue weighted by Crippen LogP contribution is -2.44. The van der Waals surface area contributed by atoms with Crippen molar-refractivity contribution < 1.29 is 14.3 Å². The molecule has 0 aromatic heterocycles. The minimum atomic E-state index is -0.512. The number of carbonyl (C=O) groups is 1. The lowest BCUT2D eigenvalue weighted by Gasteiger charge is -2.39. The van der Waals surface area contributed by atoms with Crippen LogP contribution in [0.5, 0.6) is 0 Å². The van der Waals surface area contributed by atoms with Crippen LogP contribution >= 0.6 is 0 Å². The Balaban J connectivity index is 2.81. The lowest BCUT2D eigenvalue weighted by molar-refractivity contribution is -0.174. The van der Waals surface area contributed by atoms with Crippen LogP contribution in [0.1, 0.15) is 47.0 Å². The van der Waals surface area contributed by atoms with Gasteiger partial charge in [-0.15, -0.1) is 0 Å². The first-order chi connectivity index (χ1) is 7.84. The monoisotopic (exact) mass is 240 g/mol. The molecule has 1 fully saturated rings. The number of hydrogen-bond donors (Lipinski definition) is 0. The Bertz CT molecular complexity index is 299. The molecule has 1 heterocycles. The molecule has 0 aromatic rings. The zero-order valence-corrected chi connectivity index (χ0v) is 11.5. The van der Waals surface area contributed by atoms with Crippen molar-refractivity contribution in [2.75, 3.05) is 13.2 Å². The highest BCUT2D eigenvalue weighted by molar-refractivity contribution is 5.76. The smallest absolute Gasteiger partial charge is 0.312 e. The maximum absolute atomic E-state index is 12.2. The average molecular weight is 240 g/mol. The number of ether oxygens (including phenoxy) is 2. The molecule has 3 heteroatoms. The molecular formula is C14H24O3. The van der Waals surface area contributed by atoms with Gasteiger partial charge in [0.25, 0.3) is 0 Å². The van der Waals surface area contributed by atoms with Crippen LogP contribution in [0.25, 0.3) is 0 Å². The maximum atomic E-state index is 12.2. The van der Waals surface area contributed by atoms with E-state index in [0.29, 0.717) is 26.1 Å². The van der Waals surface area contributed by atoms with E-state index in [0.717, 1.165) is 12.0 Å². The molecule has 0 unspecified atom stereocenters. The SMILES string of the molecule is C=C(C)C1(OC(=O)C(C)(C)CC)CCOCC1. The van der Waals surface area contributed by atoms with Gasteiger partial charge in [-0.05, 0) is 32.8 Å². The van der Waals surface area contributed by atoms with Gasteiger partial charge in [0.15, 0.2) is 0 Å². The van der Waals surface area contributed by atoms with Crippen molar-refractivity contribution in [3.05, 3.63) is 12.2 Å². The second-order valence-corrected chi connectivity index (χ2v) is 5.51.